The van der Waals surface area contributed by atoms with Gasteiger partial charge in [0.15, 0.2) is 0 Å². The fourth-order valence-corrected chi connectivity index (χ4v) is 5.26. The zero-order chi connectivity index (χ0) is 18.4. The lowest BCUT2D eigenvalue weighted by Gasteiger charge is -2.45. The monoisotopic (exact) mass is 418 g/mol. The Morgan fingerprint density at radius 2 is 2.19 bits per heavy atom. The Bertz CT molecular complexity index is 878. The predicted molar refractivity (Wildman–Crippen MR) is 104 cm³/mol. The minimum Gasteiger partial charge on any atom is -0.349 e. The second-order valence-electron chi connectivity index (χ2n) is 7.50. The summed E-state index contributed by atoms with van der Waals surface area (Å²) in [5.74, 6) is 0.473. The molecule has 0 saturated carbocycles. The van der Waals surface area contributed by atoms with E-state index in [2.05, 4.69) is 61.7 Å². The number of fused-ring (bicyclic) bond motifs is 2. The molecule has 2 heterocycles. The number of rotatable bonds is 2. The molecule has 2 aromatic rings. The fraction of sp³-hybridized carbons (Fsp3) is 0.474. The number of likely N-dealkylation sites (tertiary alicyclic amines) is 1. The molecule has 1 aliphatic carbocycles. The van der Waals surface area contributed by atoms with Crippen molar-refractivity contribution in [1.82, 2.24) is 20.5 Å². The maximum absolute atomic E-state index is 11.7. The van der Waals surface area contributed by atoms with Crippen LogP contribution in [-0.4, -0.2) is 48.0 Å². The van der Waals surface area contributed by atoms with Gasteiger partial charge in [0.25, 0.3) is 0 Å². The summed E-state index contributed by atoms with van der Waals surface area (Å²) in [6, 6.07) is 6.56. The highest BCUT2D eigenvalue weighted by Crippen LogP contribution is 2.46. The molecule has 2 aliphatic rings. The van der Waals surface area contributed by atoms with Gasteiger partial charge in [-0.1, -0.05) is 12.1 Å². The molecule has 0 unspecified atom stereocenters. The minimum absolute atomic E-state index is 0.340. The van der Waals surface area contributed by atoms with E-state index in [1.165, 1.54) is 29.0 Å². The highest BCUT2D eigenvalue weighted by atomic mass is 79.9. The van der Waals surface area contributed by atoms with Gasteiger partial charge in [0, 0.05) is 42.9 Å². The standard InChI is InChI=1S/C19H23BrN4O2/c1-10(25)22-19(26)21-8-11-6-13-12-4-3-5-15-17(12)14(18(20)23-15)7-16(13)24(2)9-11/h3-5,11,13,16,23H,6-9H2,1-2H3,(H2,21,22,25,26)/t11-,13+,16+/m0/s1. The van der Waals surface area contributed by atoms with Crippen LogP contribution in [0.5, 0.6) is 0 Å². The van der Waals surface area contributed by atoms with Gasteiger partial charge >= 0.3 is 6.03 Å². The van der Waals surface area contributed by atoms with Crippen LogP contribution in [0.25, 0.3) is 10.9 Å². The lowest BCUT2D eigenvalue weighted by Crippen LogP contribution is -2.51. The molecule has 1 aromatic carbocycles. The summed E-state index contributed by atoms with van der Waals surface area (Å²) in [6.07, 6.45) is 2.07. The maximum Gasteiger partial charge on any atom is 0.321 e. The average molecular weight is 419 g/mol. The van der Waals surface area contributed by atoms with Crippen molar-refractivity contribution in [2.24, 2.45) is 5.92 Å². The Labute approximate surface area is 160 Å². The Kier molecular flexibility index (Phi) is 4.52. The third kappa shape index (κ3) is 3.03. The molecule has 0 radical (unpaired) electrons. The Morgan fingerprint density at radius 3 is 2.96 bits per heavy atom. The van der Waals surface area contributed by atoms with Crippen molar-refractivity contribution < 1.29 is 9.59 Å². The molecule has 3 N–H and O–H groups in total. The molecule has 7 heteroatoms. The number of piperidine rings is 1. The van der Waals surface area contributed by atoms with Gasteiger partial charge in [-0.05, 0) is 58.9 Å². The Hall–Kier alpha value is -1.86. The number of aromatic amines is 1. The lowest BCUT2D eigenvalue weighted by atomic mass is 9.72. The number of carbonyl (C=O) groups is 2. The first kappa shape index (κ1) is 17.5. The number of benzene rings is 1. The number of hydrogen-bond acceptors (Lipinski definition) is 3. The van der Waals surface area contributed by atoms with Gasteiger partial charge in [-0.15, -0.1) is 0 Å². The van der Waals surface area contributed by atoms with Gasteiger partial charge in [-0.3, -0.25) is 10.1 Å². The van der Waals surface area contributed by atoms with Crippen molar-refractivity contribution in [3.8, 4) is 0 Å². The molecular formula is C19H23BrN4O2. The van der Waals surface area contributed by atoms with E-state index in [9.17, 15) is 9.59 Å². The van der Waals surface area contributed by atoms with Crippen LogP contribution >= 0.6 is 15.9 Å². The van der Waals surface area contributed by atoms with E-state index in [1.807, 2.05) is 0 Å². The molecule has 1 saturated heterocycles. The number of nitrogens with one attached hydrogen (secondary N) is 3. The van der Waals surface area contributed by atoms with E-state index >= 15 is 0 Å². The molecule has 0 bridgehead atoms. The molecule has 3 atom stereocenters. The Morgan fingerprint density at radius 1 is 1.38 bits per heavy atom. The summed E-state index contributed by atoms with van der Waals surface area (Å²) in [4.78, 5) is 28.6. The van der Waals surface area contributed by atoms with E-state index < -0.39 is 6.03 Å². The molecule has 4 rings (SSSR count). The number of H-pyrrole nitrogens is 1. The topological polar surface area (TPSA) is 77.2 Å². The summed E-state index contributed by atoms with van der Waals surface area (Å²) in [6.45, 7) is 2.86. The van der Waals surface area contributed by atoms with Crippen LogP contribution in [0.3, 0.4) is 0 Å². The third-order valence-corrected chi connectivity index (χ3v) is 6.40. The van der Waals surface area contributed by atoms with Gasteiger partial charge in [0.2, 0.25) is 5.91 Å². The molecule has 3 amide bonds. The quantitative estimate of drug-likeness (QED) is 0.701. The summed E-state index contributed by atoms with van der Waals surface area (Å²) in [7, 11) is 2.17. The van der Waals surface area contributed by atoms with E-state index in [0.29, 0.717) is 24.4 Å². The smallest absolute Gasteiger partial charge is 0.321 e. The van der Waals surface area contributed by atoms with Crippen LogP contribution in [0.15, 0.2) is 22.8 Å². The van der Waals surface area contributed by atoms with Crippen molar-refractivity contribution in [3.63, 3.8) is 0 Å². The number of nitrogens with zero attached hydrogens (tertiary/aromatic N) is 1. The van der Waals surface area contributed by atoms with Gasteiger partial charge < -0.3 is 15.2 Å². The highest BCUT2D eigenvalue weighted by molar-refractivity contribution is 9.10. The first-order valence-electron chi connectivity index (χ1n) is 8.98. The number of halogens is 1. The molecular weight excluding hydrogens is 396 g/mol. The van der Waals surface area contributed by atoms with E-state index in [0.717, 1.165) is 24.0 Å². The second kappa shape index (κ2) is 6.70. The van der Waals surface area contributed by atoms with Crippen LogP contribution < -0.4 is 10.6 Å². The number of urea groups is 1. The van der Waals surface area contributed by atoms with Crippen molar-refractivity contribution in [2.45, 2.75) is 31.7 Å². The van der Waals surface area contributed by atoms with Crippen molar-refractivity contribution in [3.05, 3.63) is 33.9 Å². The van der Waals surface area contributed by atoms with E-state index in [-0.39, 0.29) is 5.91 Å². The minimum atomic E-state index is -0.412. The van der Waals surface area contributed by atoms with Crippen LogP contribution in [0.2, 0.25) is 0 Å². The van der Waals surface area contributed by atoms with Gasteiger partial charge in [0.05, 0.1) is 4.60 Å². The van der Waals surface area contributed by atoms with Gasteiger partial charge in [0.1, 0.15) is 0 Å². The van der Waals surface area contributed by atoms with Gasteiger partial charge in [-0.2, -0.15) is 0 Å². The van der Waals surface area contributed by atoms with E-state index in [1.54, 1.807) is 0 Å². The van der Waals surface area contributed by atoms with Crippen LogP contribution in [0.4, 0.5) is 4.79 Å². The first-order chi connectivity index (χ1) is 12.4. The number of imide groups is 1. The second-order valence-corrected chi connectivity index (χ2v) is 8.29. The first-order valence-corrected chi connectivity index (χ1v) is 9.78. The van der Waals surface area contributed by atoms with E-state index in [4.69, 9.17) is 0 Å². The summed E-state index contributed by atoms with van der Waals surface area (Å²) in [5.41, 5.74) is 3.97. The number of carbonyl (C=O) groups excluding carboxylic acids is 2. The molecule has 0 spiro atoms. The van der Waals surface area contributed by atoms with Crippen LogP contribution in [0.1, 0.15) is 30.4 Å². The molecule has 26 heavy (non-hydrogen) atoms. The summed E-state index contributed by atoms with van der Waals surface area (Å²) >= 11 is 3.69. The number of aromatic nitrogens is 1. The number of likely N-dealkylation sites (N-methyl/N-ethyl adjacent to an activating group) is 1. The lowest BCUT2D eigenvalue weighted by molar-refractivity contribution is -0.117. The zero-order valence-electron chi connectivity index (χ0n) is 14.9. The largest absolute Gasteiger partial charge is 0.349 e. The average Bonchev–Trinajstić information content (AvgIpc) is 2.90. The number of amides is 3. The molecule has 138 valence electrons. The fourth-order valence-electron chi connectivity index (χ4n) is 4.69. The van der Waals surface area contributed by atoms with Crippen molar-refractivity contribution in [1.29, 1.82) is 0 Å². The Balaban J connectivity index is 1.56. The summed E-state index contributed by atoms with van der Waals surface area (Å²) < 4.78 is 1.09. The molecule has 1 fully saturated rings. The van der Waals surface area contributed by atoms with Crippen molar-refractivity contribution in [2.75, 3.05) is 20.1 Å². The van der Waals surface area contributed by atoms with Crippen LogP contribution in [-0.2, 0) is 11.2 Å². The predicted octanol–water partition coefficient (Wildman–Crippen LogP) is 2.74. The molecule has 1 aliphatic heterocycles. The summed E-state index contributed by atoms with van der Waals surface area (Å²) in [5, 5.41) is 6.46. The third-order valence-electron chi connectivity index (χ3n) is 5.73. The number of hydrogen-bond donors (Lipinski definition) is 3. The SMILES string of the molecule is CC(=O)NC(=O)NC[C@@H]1C[C@@H]2c3cccc4[nH]c(Br)c(c34)C[C@H]2N(C)C1. The van der Waals surface area contributed by atoms with Crippen molar-refractivity contribution >= 4 is 38.8 Å². The zero-order valence-corrected chi connectivity index (χ0v) is 16.5. The molecule has 6 nitrogen and oxygen atoms in total. The highest BCUT2D eigenvalue weighted by Gasteiger charge is 2.40. The van der Waals surface area contributed by atoms with Gasteiger partial charge in [-0.25, -0.2) is 4.79 Å². The van der Waals surface area contributed by atoms with Crippen LogP contribution in [0, 0.1) is 5.92 Å². The molecule has 1 aromatic heterocycles. The normalized spacial score (nSPS) is 25.0. The maximum atomic E-state index is 11.7.